The maximum atomic E-state index is 3.78. The largest absolute Gasteiger partial charge is 0.357 e. The van der Waals surface area contributed by atoms with Crippen molar-refractivity contribution in [1.82, 2.24) is 4.98 Å². The number of H-pyrrole nitrogens is 1. The fraction of sp³-hybridized carbons (Fsp3) is 0.357. The zero-order valence-electron chi connectivity index (χ0n) is 18.8. The molecule has 0 bridgehead atoms. The van der Waals surface area contributed by atoms with E-state index in [2.05, 4.69) is 77.8 Å². The van der Waals surface area contributed by atoms with Crippen LogP contribution in [0.25, 0.3) is 27.8 Å². The van der Waals surface area contributed by atoms with E-state index in [9.17, 15) is 0 Å². The van der Waals surface area contributed by atoms with Crippen LogP contribution in [0.4, 0.5) is 0 Å². The van der Waals surface area contributed by atoms with Crippen LogP contribution in [0.15, 0.2) is 66.8 Å². The van der Waals surface area contributed by atoms with Gasteiger partial charge in [-0.05, 0) is 35.7 Å². The van der Waals surface area contributed by atoms with Gasteiger partial charge in [-0.25, -0.2) is 0 Å². The minimum absolute atomic E-state index is 0.162. The molecule has 0 aliphatic heterocycles. The molecule has 2 unspecified atom stereocenters. The Morgan fingerprint density at radius 2 is 1.45 bits per heavy atom. The molecule has 3 aliphatic carbocycles. The molecule has 0 saturated heterocycles. The normalized spacial score (nSPS) is 24.5. The highest BCUT2D eigenvalue weighted by Gasteiger charge is 2.66. The maximum absolute atomic E-state index is 3.78. The lowest BCUT2D eigenvalue weighted by Crippen LogP contribution is -2.17. The predicted octanol–water partition coefficient (Wildman–Crippen LogP) is 8.57. The minimum Gasteiger partial charge on any atom is -0.357 e. The van der Waals surface area contributed by atoms with E-state index in [-0.39, 0.29) is 10.8 Å². The van der Waals surface area contributed by atoms with Crippen LogP contribution in [0.1, 0.15) is 65.6 Å². The molecule has 2 aromatic carbocycles. The highest BCUT2D eigenvalue weighted by atomic mass is 14.8. The van der Waals surface area contributed by atoms with Gasteiger partial charge in [0.05, 0.1) is 0 Å². The number of benzene rings is 2. The highest BCUT2D eigenvalue weighted by molar-refractivity contribution is 6.02. The standard InChI is InChI=1S/C22H17N.3C2H6/c1-4-9-21-11-8-17-18-12-15-6-2-3-7-16(15)13-19(18)23-20(17)22(21,14-21)10-5-1;3*1-2/h2-13,23H,1,14H2;3*1-2H3. The van der Waals surface area contributed by atoms with E-state index in [0.717, 1.165) is 6.42 Å². The summed E-state index contributed by atoms with van der Waals surface area (Å²) in [5, 5.41) is 3.97. The Kier molecular flexibility index (Phi) is 6.17. The lowest BCUT2D eigenvalue weighted by Gasteiger charge is -2.21. The number of nitrogens with one attached hydrogen (secondary N) is 1. The topological polar surface area (TPSA) is 15.8 Å². The summed E-state index contributed by atoms with van der Waals surface area (Å²) in [6, 6.07) is 13.3. The molecule has 0 amide bonds. The summed E-state index contributed by atoms with van der Waals surface area (Å²) in [5.74, 6) is 0. The molecule has 1 heterocycles. The summed E-state index contributed by atoms with van der Waals surface area (Å²) in [6.07, 6.45) is 16.5. The molecule has 3 aliphatic rings. The molecule has 1 fully saturated rings. The van der Waals surface area contributed by atoms with Crippen molar-refractivity contribution in [2.75, 3.05) is 0 Å². The molecule has 3 aromatic rings. The van der Waals surface area contributed by atoms with Crippen LogP contribution in [0, 0.1) is 5.41 Å². The average Bonchev–Trinajstić information content (AvgIpc) is 3.38. The summed E-state index contributed by atoms with van der Waals surface area (Å²) < 4.78 is 0. The van der Waals surface area contributed by atoms with E-state index >= 15 is 0 Å². The van der Waals surface area contributed by atoms with Gasteiger partial charge in [0, 0.05) is 33.0 Å². The average molecular weight is 386 g/mol. The van der Waals surface area contributed by atoms with Gasteiger partial charge >= 0.3 is 0 Å². The number of hydrogen-bond donors (Lipinski definition) is 1. The fourth-order valence-electron chi connectivity index (χ4n) is 4.79. The number of hydrogen-bond acceptors (Lipinski definition) is 0. The van der Waals surface area contributed by atoms with E-state index < -0.39 is 0 Å². The van der Waals surface area contributed by atoms with Gasteiger partial charge in [-0.2, -0.15) is 0 Å². The van der Waals surface area contributed by atoms with Crippen LogP contribution >= 0.6 is 0 Å². The Labute approximate surface area is 176 Å². The maximum Gasteiger partial charge on any atom is 0.0469 e. The lowest BCUT2D eigenvalue weighted by molar-refractivity contribution is 0.685. The molecular formula is C28H35N. The number of fused-ring (bicyclic) bond motifs is 4. The van der Waals surface area contributed by atoms with Gasteiger partial charge in [-0.1, -0.05) is 102 Å². The Balaban J connectivity index is 0.000000370. The van der Waals surface area contributed by atoms with E-state index in [1.54, 1.807) is 0 Å². The molecule has 1 N–H and O–H groups in total. The molecule has 29 heavy (non-hydrogen) atoms. The second-order valence-electron chi connectivity index (χ2n) is 7.22. The molecule has 152 valence electrons. The Morgan fingerprint density at radius 1 is 0.793 bits per heavy atom. The van der Waals surface area contributed by atoms with Gasteiger partial charge in [-0.3, -0.25) is 0 Å². The molecular weight excluding hydrogens is 350 g/mol. The minimum atomic E-state index is 0.162. The smallest absolute Gasteiger partial charge is 0.0469 e. The summed E-state index contributed by atoms with van der Waals surface area (Å²) in [6.45, 7) is 12.0. The van der Waals surface area contributed by atoms with Gasteiger partial charge in [0.25, 0.3) is 0 Å². The summed E-state index contributed by atoms with van der Waals surface area (Å²) >= 11 is 0. The number of rotatable bonds is 0. The van der Waals surface area contributed by atoms with Gasteiger partial charge in [0.1, 0.15) is 0 Å². The molecule has 2 atom stereocenters. The Morgan fingerprint density at radius 3 is 2.17 bits per heavy atom. The van der Waals surface area contributed by atoms with Crippen molar-refractivity contribution < 1.29 is 0 Å². The van der Waals surface area contributed by atoms with Crippen LogP contribution in [0.2, 0.25) is 0 Å². The fourth-order valence-corrected chi connectivity index (χ4v) is 4.79. The first-order valence-electron chi connectivity index (χ1n) is 11.4. The van der Waals surface area contributed by atoms with Crippen LogP contribution < -0.4 is 0 Å². The third kappa shape index (κ3) is 3.08. The van der Waals surface area contributed by atoms with Crippen molar-refractivity contribution in [3.8, 4) is 0 Å². The first-order chi connectivity index (χ1) is 14.3. The molecule has 1 aromatic heterocycles. The SMILES string of the molecule is C1=CC23C=Cc4c([nH]c5cc6ccccc6cc45)C2(C=CC1)C3.CC.CC.CC. The van der Waals surface area contributed by atoms with Crippen molar-refractivity contribution in [3.05, 3.63) is 78.0 Å². The quantitative estimate of drug-likeness (QED) is 0.373. The molecule has 1 heteroatoms. The van der Waals surface area contributed by atoms with Crippen molar-refractivity contribution >= 4 is 27.8 Å². The number of allylic oxidation sites excluding steroid dienone is 5. The number of aromatic nitrogens is 1. The molecule has 0 radical (unpaired) electrons. The van der Waals surface area contributed by atoms with Crippen molar-refractivity contribution in [2.24, 2.45) is 5.41 Å². The Bertz CT molecular complexity index is 1080. The van der Waals surface area contributed by atoms with E-state index in [0.29, 0.717) is 0 Å². The van der Waals surface area contributed by atoms with E-state index in [1.165, 1.54) is 39.4 Å². The van der Waals surface area contributed by atoms with Gasteiger partial charge in [0.2, 0.25) is 0 Å². The molecule has 6 rings (SSSR count). The monoisotopic (exact) mass is 385 g/mol. The van der Waals surface area contributed by atoms with Crippen LogP contribution in [-0.2, 0) is 5.41 Å². The van der Waals surface area contributed by atoms with E-state index in [4.69, 9.17) is 0 Å². The molecule has 1 saturated carbocycles. The lowest BCUT2D eigenvalue weighted by atomic mass is 9.83. The molecule has 1 nitrogen and oxygen atoms in total. The van der Waals surface area contributed by atoms with Crippen LogP contribution in [0.3, 0.4) is 0 Å². The summed E-state index contributed by atoms with van der Waals surface area (Å²) in [5.41, 5.74) is 4.44. The third-order valence-electron chi connectivity index (χ3n) is 6.07. The zero-order chi connectivity index (χ0) is 21.1. The first-order valence-corrected chi connectivity index (χ1v) is 11.4. The van der Waals surface area contributed by atoms with E-state index in [1.807, 2.05) is 41.5 Å². The zero-order valence-corrected chi connectivity index (χ0v) is 18.8. The summed E-state index contributed by atoms with van der Waals surface area (Å²) in [4.78, 5) is 3.78. The van der Waals surface area contributed by atoms with Gasteiger partial charge < -0.3 is 4.98 Å². The van der Waals surface area contributed by atoms with Gasteiger partial charge in [-0.15, -0.1) is 0 Å². The van der Waals surface area contributed by atoms with Gasteiger partial charge in [0.15, 0.2) is 0 Å². The summed E-state index contributed by atoms with van der Waals surface area (Å²) in [7, 11) is 0. The van der Waals surface area contributed by atoms with Crippen molar-refractivity contribution in [3.63, 3.8) is 0 Å². The second-order valence-corrected chi connectivity index (χ2v) is 7.22. The third-order valence-corrected chi connectivity index (χ3v) is 6.07. The van der Waals surface area contributed by atoms with Crippen molar-refractivity contribution in [2.45, 2.75) is 59.8 Å². The highest BCUT2D eigenvalue weighted by Crippen LogP contribution is 2.70. The second kappa shape index (κ2) is 8.45. The molecule has 0 spiro atoms. The van der Waals surface area contributed by atoms with Crippen LogP contribution in [-0.4, -0.2) is 4.98 Å². The number of aromatic amines is 1. The first kappa shape index (κ1) is 21.2. The predicted molar refractivity (Wildman–Crippen MR) is 131 cm³/mol. The van der Waals surface area contributed by atoms with Crippen molar-refractivity contribution in [1.29, 1.82) is 0 Å². The Hall–Kier alpha value is -2.54. The van der Waals surface area contributed by atoms with Crippen LogP contribution in [0.5, 0.6) is 0 Å².